The fourth-order valence-corrected chi connectivity index (χ4v) is 5.23. The first-order valence-electron chi connectivity index (χ1n) is 8.40. The molecule has 4 rings (SSSR count). The summed E-state index contributed by atoms with van der Waals surface area (Å²) < 4.78 is 0.824. The van der Waals surface area contributed by atoms with Gasteiger partial charge in [-0.2, -0.15) is 0 Å². The zero-order valence-corrected chi connectivity index (χ0v) is 16.7. The molecule has 0 bridgehead atoms. The second-order valence-corrected chi connectivity index (χ2v) is 9.14. The van der Waals surface area contributed by atoms with Crippen molar-refractivity contribution in [3.05, 3.63) is 57.8 Å². The Labute approximate surface area is 168 Å². The van der Waals surface area contributed by atoms with E-state index in [1.807, 2.05) is 6.07 Å². The zero-order valence-electron chi connectivity index (χ0n) is 14.3. The molecule has 0 radical (unpaired) electrons. The van der Waals surface area contributed by atoms with Crippen molar-refractivity contribution in [2.45, 2.75) is 10.8 Å². The molecule has 9 heteroatoms. The third kappa shape index (κ3) is 4.05. The van der Waals surface area contributed by atoms with E-state index in [-0.39, 0.29) is 11.8 Å². The predicted molar refractivity (Wildman–Crippen MR) is 109 cm³/mol. The summed E-state index contributed by atoms with van der Waals surface area (Å²) in [5.74, 6) is 0.156. The number of aromatic nitrogens is 2. The van der Waals surface area contributed by atoms with Crippen LogP contribution >= 0.6 is 34.4 Å². The van der Waals surface area contributed by atoms with E-state index in [4.69, 9.17) is 0 Å². The number of benzene rings is 1. The molecule has 1 aliphatic rings. The molecule has 1 aliphatic heterocycles. The molecule has 3 heterocycles. The molecular formula is C18H16N4O2S3. The van der Waals surface area contributed by atoms with Gasteiger partial charge in [0.1, 0.15) is 0 Å². The van der Waals surface area contributed by atoms with Crippen molar-refractivity contribution < 1.29 is 9.59 Å². The number of hydrogen-bond acceptors (Lipinski definition) is 8. The summed E-state index contributed by atoms with van der Waals surface area (Å²) in [5.41, 5.74) is 0.973. The van der Waals surface area contributed by atoms with Crippen LogP contribution in [0.3, 0.4) is 0 Å². The predicted octanol–water partition coefficient (Wildman–Crippen LogP) is 3.64. The van der Waals surface area contributed by atoms with Crippen LogP contribution in [-0.4, -0.2) is 45.8 Å². The first kappa shape index (κ1) is 18.1. The summed E-state index contributed by atoms with van der Waals surface area (Å²) in [4.78, 5) is 27.3. The average Bonchev–Trinajstić information content (AvgIpc) is 3.40. The molecule has 0 unspecified atom stereocenters. The molecule has 1 N–H and O–H groups in total. The molecule has 6 nitrogen and oxygen atoms in total. The highest BCUT2D eigenvalue weighted by atomic mass is 32.2. The second-order valence-electron chi connectivity index (χ2n) is 5.79. The van der Waals surface area contributed by atoms with Gasteiger partial charge in [0, 0.05) is 23.7 Å². The first-order chi connectivity index (χ1) is 13.2. The van der Waals surface area contributed by atoms with Crippen LogP contribution in [0.2, 0.25) is 0 Å². The highest BCUT2D eigenvalue weighted by Gasteiger charge is 2.34. The average molecular weight is 417 g/mol. The molecule has 1 aromatic carbocycles. The molecule has 0 aliphatic carbocycles. The van der Waals surface area contributed by atoms with E-state index in [1.165, 1.54) is 32.9 Å². The maximum absolute atomic E-state index is 12.3. The highest BCUT2D eigenvalue weighted by molar-refractivity contribution is 8.01. The maximum Gasteiger partial charge on any atom is 0.261 e. The highest BCUT2D eigenvalue weighted by Crippen LogP contribution is 2.27. The van der Waals surface area contributed by atoms with Gasteiger partial charge in [-0.15, -0.1) is 21.5 Å². The van der Waals surface area contributed by atoms with Crippen LogP contribution in [0.25, 0.3) is 0 Å². The summed E-state index contributed by atoms with van der Waals surface area (Å²) in [7, 11) is 0. The van der Waals surface area contributed by atoms with E-state index in [9.17, 15) is 9.59 Å². The van der Waals surface area contributed by atoms with Crippen LogP contribution in [0.15, 0.2) is 46.1 Å². The summed E-state index contributed by atoms with van der Waals surface area (Å²) in [6.07, 6.45) is 0.958. The fourth-order valence-electron chi connectivity index (χ4n) is 2.75. The number of imide groups is 1. The topological polar surface area (TPSA) is 75.2 Å². The Morgan fingerprint density at radius 3 is 2.52 bits per heavy atom. The number of carbonyl (C=O) groups is 2. The van der Waals surface area contributed by atoms with Crippen LogP contribution in [0.4, 0.5) is 5.13 Å². The van der Waals surface area contributed by atoms with Gasteiger partial charge in [-0.1, -0.05) is 41.3 Å². The molecular weight excluding hydrogens is 400 g/mol. The number of nitrogens with one attached hydrogen (secondary N) is 1. The van der Waals surface area contributed by atoms with Crippen LogP contribution in [0.1, 0.15) is 25.6 Å². The van der Waals surface area contributed by atoms with Crippen molar-refractivity contribution in [3.8, 4) is 0 Å². The van der Waals surface area contributed by atoms with Crippen molar-refractivity contribution in [2.24, 2.45) is 0 Å². The van der Waals surface area contributed by atoms with E-state index < -0.39 is 0 Å². The zero-order chi connectivity index (χ0) is 18.6. The molecule has 0 saturated carbocycles. The Hall–Kier alpha value is -2.23. The van der Waals surface area contributed by atoms with Gasteiger partial charge in [0.2, 0.25) is 5.13 Å². The largest absolute Gasteiger partial charge is 0.360 e. The quantitative estimate of drug-likeness (QED) is 0.446. The minimum atomic E-state index is -0.218. The number of rotatable bonds is 8. The number of anilines is 1. The molecule has 3 aromatic rings. The number of hydrogen-bond donors (Lipinski definition) is 1. The van der Waals surface area contributed by atoms with Gasteiger partial charge < -0.3 is 5.32 Å². The van der Waals surface area contributed by atoms with E-state index in [2.05, 4.69) is 27.0 Å². The lowest BCUT2D eigenvalue weighted by Gasteiger charge is -2.12. The Morgan fingerprint density at radius 2 is 1.81 bits per heavy atom. The molecule has 0 saturated heterocycles. The molecule has 2 amide bonds. The van der Waals surface area contributed by atoms with Gasteiger partial charge in [-0.05, 0) is 30.0 Å². The van der Waals surface area contributed by atoms with E-state index >= 15 is 0 Å². The number of fused-ring (bicyclic) bond motifs is 1. The third-order valence-corrected chi connectivity index (χ3v) is 6.98. The van der Waals surface area contributed by atoms with Crippen molar-refractivity contribution >= 4 is 51.4 Å². The van der Waals surface area contributed by atoms with Gasteiger partial charge in [-0.25, -0.2) is 0 Å². The number of nitrogens with zero attached hydrogens (tertiary/aromatic N) is 3. The Balaban J connectivity index is 1.25. The summed E-state index contributed by atoms with van der Waals surface area (Å²) in [5, 5.41) is 14.4. The van der Waals surface area contributed by atoms with Crippen molar-refractivity contribution in [1.82, 2.24) is 15.1 Å². The number of carbonyl (C=O) groups excluding carboxylic acids is 2. The molecule has 0 atom stereocenters. The van der Waals surface area contributed by atoms with Crippen molar-refractivity contribution in [3.63, 3.8) is 0 Å². The van der Waals surface area contributed by atoms with Crippen LogP contribution in [-0.2, 0) is 6.42 Å². The van der Waals surface area contributed by atoms with Crippen LogP contribution in [0, 0.1) is 0 Å². The molecule has 0 fully saturated rings. The number of amides is 2. The minimum absolute atomic E-state index is 0.218. The van der Waals surface area contributed by atoms with Crippen molar-refractivity contribution in [1.29, 1.82) is 0 Å². The lowest BCUT2D eigenvalue weighted by Crippen LogP contribution is -2.31. The Kier molecular flexibility index (Phi) is 5.51. The minimum Gasteiger partial charge on any atom is -0.360 e. The number of thioether (sulfide) groups is 1. The SMILES string of the molecule is O=C1c2ccccc2C(=O)N1CCSc1nnc(NCCc2cccs2)s1. The summed E-state index contributed by atoms with van der Waals surface area (Å²) >= 11 is 4.73. The van der Waals surface area contributed by atoms with E-state index in [0.717, 1.165) is 22.4 Å². The molecule has 138 valence electrons. The van der Waals surface area contributed by atoms with E-state index in [0.29, 0.717) is 23.4 Å². The van der Waals surface area contributed by atoms with Gasteiger partial charge in [0.15, 0.2) is 4.34 Å². The van der Waals surface area contributed by atoms with Crippen LogP contribution in [0.5, 0.6) is 0 Å². The molecule has 0 spiro atoms. The monoisotopic (exact) mass is 416 g/mol. The van der Waals surface area contributed by atoms with Gasteiger partial charge >= 0.3 is 0 Å². The lowest BCUT2D eigenvalue weighted by atomic mass is 10.1. The Morgan fingerprint density at radius 1 is 1.04 bits per heavy atom. The number of thiophene rings is 1. The first-order valence-corrected chi connectivity index (χ1v) is 11.1. The summed E-state index contributed by atoms with van der Waals surface area (Å²) in [6.45, 7) is 1.17. The summed E-state index contributed by atoms with van der Waals surface area (Å²) in [6, 6.07) is 11.1. The molecule has 2 aromatic heterocycles. The van der Waals surface area contributed by atoms with Gasteiger partial charge in [0.25, 0.3) is 11.8 Å². The lowest BCUT2D eigenvalue weighted by molar-refractivity contribution is 0.0664. The standard InChI is InChI=1S/C18H16N4O2S3/c23-15-13-5-1-2-6-14(13)16(24)22(15)9-11-26-18-21-20-17(27-18)19-8-7-12-4-3-10-25-12/h1-6,10H,7-9,11H2,(H,19,20). The third-order valence-electron chi connectivity index (χ3n) is 4.05. The fraction of sp³-hybridized carbons (Fsp3) is 0.222. The second kappa shape index (κ2) is 8.20. The maximum atomic E-state index is 12.3. The van der Waals surface area contributed by atoms with Crippen molar-refractivity contribution in [2.75, 3.05) is 24.2 Å². The molecule has 27 heavy (non-hydrogen) atoms. The Bertz CT molecular complexity index is 920. The normalized spacial score (nSPS) is 13.3. The van der Waals surface area contributed by atoms with Gasteiger partial charge in [0.05, 0.1) is 11.1 Å². The van der Waals surface area contributed by atoms with Gasteiger partial charge in [-0.3, -0.25) is 14.5 Å². The van der Waals surface area contributed by atoms with Crippen LogP contribution < -0.4 is 5.32 Å². The van der Waals surface area contributed by atoms with E-state index in [1.54, 1.807) is 35.6 Å². The smallest absolute Gasteiger partial charge is 0.261 e.